The number of phenols is 1. The second kappa shape index (κ2) is 35.6. The predicted molar refractivity (Wildman–Crippen MR) is 313 cm³/mol. The molecule has 0 bridgehead atoms. The average molecular weight is 1170 g/mol. The molecular formula is C54H84N16O11S. The normalized spacial score (nSPS) is 14.0. The Balaban J connectivity index is 1.96. The van der Waals surface area contributed by atoms with Crippen LogP contribution >= 0.6 is 11.8 Å². The number of para-hydroxylation sites is 1. The van der Waals surface area contributed by atoms with Gasteiger partial charge in [0.1, 0.15) is 48.0 Å². The van der Waals surface area contributed by atoms with Gasteiger partial charge in [-0.2, -0.15) is 11.8 Å². The highest BCUT2D eigenvalue weighted by Gasteiger charge is 2.35. The molecule has 0 aliphatic rings. The SMILES string of the molecule is CSCC[C@@H](NC(=O)[C@H](Cc1c[nH]c2ccccc12)NC(=O)[C@H](CCCCN)NC(=O)[C@H](CCCN=C(N)N)NC(=O)[C@H](CC(C)C)NC(=O)[C@H](CCCN=C(N)N)NC(=O)[C@H](CC(=O)O)NC(=O)[C@@H](C)Cc1ccc(O)cc1)C(N)=O. The van der Waals surface area contributed by atoms with Crippen LogP contribution in [0.1, 0.15) is 96.1 Å². The lowest BCUT2D eigenvalue weighted by Crippen LogP contribution is -2.60. The topological polar surface area (TPSA) is 475 Å². The van der Waals surface area contributed by atoms with Crippen molar-refractivity contribution in [3.63, 3.8) is 0 Å². The van der Waals surface area contributed by atoms with Gasteiger partial charge in [0.25, 0.3) is 0 Å². The molecule has 1 heterocycles. The van der Waals surface area contributed by atoms with Crippen molar-refractivity contribution < 1.29 is 53.4 Å². The third-order valence-electron chi connectivity index (χ3n) is 13.0. The molecular weight excluding hydrogens is 1080 g/mol. The van der Waals surface area contributed by atoms with Gasteiger partial charge in [-0.15, -0.1) is 0 Å². The molecule has 0 radical (unpaired) electrons. The number of unbranched alkanes of at least 4 members (excludes halogenated alkanes) is 1. The molecule has 0 unspecified atom stereocenters. The summed E-state index contributed by atoms with van der Waals surface area (Å²) in [5, 5.41) is 38.9. The zero-order valence-electron chi connectivity index (χ0n) is 47.0. The average Bonchev–Trinajstić information content (AvgIpc) is 4.02. The molecule has 0 aliphatic carbocycles. The number of primary amides is 1. The minimum atomic E-state index is -1.65. The van der Waals surface area contributed by atoms with Crippen LogP contribution < -0.4 is 71.6 Å². The number of aromatic hydroxyl groups is 1. The number of carbonyl (C=O) groups is 9. The molecule has 0 saturated carbocycles. The molecule has 1 aromatic heterocycles. The summed E-state index contributed by atoms with van der Waals surface area (Å²) in [5.74, 6) is -8.85. The van der Waals surface area contributed by atoms with E-state index in [0.29, 0.717) is 29.7 Å². The number of carbonyl (C=O) groups excluding carboxylic acids is 8. The number of hydrogen-bond acceptors (Lipinski definition) is 14. The van der Waals surface area contributed by atoms with Crippen LogP contribution in [0.2, 0.25) is 0 Å². The number of nitrogens with two attached hydrogens (primary N) is 6. The van der Waals surface area contributed by atoms with Gasteiger partial charge in [0.15, 0.2) is 11.9 Å². The molecule has 27 nitrogen and oxygen atoms in total. The first kappa shape index (κ1) is 68.1. The van der Waals surface area contributed by atoms with E-state index in [1.807, 2.05) is 30.5 Å². The molecule has 3 aromatic rings. The fourth-order valence-corrected chi connectivity index (χ4v) is 9.14. The number of benzene rings is 2. The van der Waals surface area contributed by atoms with Gasteiger partial charge in [-0.05, 0) is 118 Å². The Labute approximate surface area is 481 Å². The van der Waals surface area contributed by atoms with Crippen LogP contribution in [0.5, 0.6) is 5.75 Å². The number of aromatic nitrogens is 1. The summed E-state index contributed by atoms with van der Waals surface area (Å²) in [7, 11) is 0. The molecule has 0 saturated heterocycles. The Morgan fingerprint density at radius 1 is 0.573 bits per heavy atom. The number of nitrogens with zero attached hydrogens (tertiary/aromatic N) is 2. The van der Waals surface area contributed by atoms with Crippen molar-refractivity contribution in [2.45, 2.75) is 140 Å². The Kier molecular flexibility index (Phi) is 29.5. The predicted octanol–water partition coefficient (Wildman–Crippen LogP) is -1.32. The molecule has 22 N–H and O–H groups in total. The number of aliphatic imine (C=N–C) groups is 2. The van der Waals surface area contributed by atoms with Crippen molar-refractivity contribution >= 4 is 87.8 Å². The van der Waals surface area contributed by atoms with Crippen LogP contribution in [-0.2, 0) is 56.0 Å². The second-order valence-corrected chi connectivity index (χ2v) is 21.3. The third kappa shape index (κ3) is 24.7. The van der Waals surface area contributed by atoms with Crippen LogP contribution in [-0.4, -0.2) is 154 Å². The van der Waals surface area contributed by atoms with E-state index in [1.54, 1.807) is 39.1 Å². The van der Waals surface area contributed by atoms with Crippen molar-refractivity contribution in [2.75, 3.05) is 31.6 Å². The van der Waals surface area contributed by atoms with Gasteiger partial charge in [-0.25, -0.2) is 0 Å². The number of aromatic amines is 1. The first-order chi connectivity index (χ1) is 38.9. The van der Waals surface area contributed by atoms with Crippen LogP contribution in [0.4, 0.5) is 0 Å². The molecule has 0 fully saturated rings. The highest BCUT2D eigenvalue weighted by Crippen LogP contribution is 2.20. The fourth-order valence-electron chi connectivity index (χ4n) is 8.67. The van der Waals surface area contributed by atoms with E-state index in [2.05, 4.69) is 52.2 Å². The Morgan fingerprint density at radius 3 is 1.56 bits per heavy atom. The highest BCUT2D eigenvalue weighted by molar-refractivity contribution is 7.98. The molecule has 82 heavy (non-hydrogen) atoms. The van der Waals surface area contributed by atoms with Crippen LogP contribution in [0, 0.1) is 11.8 Å². The molecule has 3 rings (SSSR count). The van der Waals surface area contributed by atoms with E-state index in [-0.39, 0.29) is 101 Å². The number of thioether (sulfide) groups is 1. The second-order valence-electron chi connectivity index (χ2n) is 20.4. The van der Waals surface area contributed by atoms with E-state index in [4.69, 9.17) is 34.4 Å². The fraction of sp³-hybridized carbons (Fsp3) is 0.537. The number of fused-ring (bicyclic) bond motifs is 1. The molecule has 2 aromatic carbocycles. The van der Waals surface area contributed by atoms with Gasteiger partial charge >= 0.3 is 5.97 Å². The first-order valence-electron chi connectivity index (χ1n) is 27.2. The lowest BCUT2D eigenvalue weighted by Gasteiger charge is -2.28. The maximum Gasteiger partial charge on any atom is 0.305 e. The van der Waals surface area contributed by atoms with Gasteiger partial charge in [0.2, 0.25) is 47.3 Å². The van der Waals surface area contributed by atoms with Crippen LogP contribution in [0.3, 0.4) is 0 Å². The summed E-state index contributed by atoms with van der Waals surface area (Å²) in [5.41, 5.74) is 35.8. The number of carboxylic acids is 1. The van der Waals surface area contributed by atoms with Crippen molar-refractivity contribution in [3.05, 3.63) is 65.9 Å². The van der Waals surface area contributed by atoms with Crippen LogP contribution in [0.25, 0.3) is 10.9 Å². The number of aliphatic carboxylic acids is 1. The first-order valence-corrected chi connectivity index (χ1v) is 28.6. The summed E-state index contributed by atoms with van der Waals surface area (Å²) in [6, 6.07) is 3.98. The van der Waals surface area contributed by atoms with E-state index in [9.17, 15) is 53.4 Å². The minimum absolute atomic E-state index is 0.00307. The lowest BCUT2D eigenvalue weighted by molar-refractivity contribution is -0.141. The summed E-state index contributed by atoms with van der Waals surface area (Å²) < 4.78 is 0. The largest absolute Gasteiger partial charge is 0.508 e. The summed E-state index contributed by atoms with van der Waals surface area (Å²) >= 11 is 1.45. The summed E-state index contributed by atoms with van der Waals surface area (Å²) in [4.78, 5) is 135. The summed E-state index contributed by atoms with van der Waals surface area (Å²) in [6.45, 7) is 5.42. The Hall–Kier alpha value is -8.14. The highest BCUT2D eigenvalue weighted by atomic mass is 32.2. The van der Waals surface area contributed by atoms with Crippen molar-refractivity contribution in [1.29, 1.82) is 0 Å². The maximum absolute atomic E-state index is 14.6. The zero-order valence-corrected chi connectivity index (χ0v) is 47.9. The van der Waals surface area contributed by atoms with Gasteiger partial charge in [0.05, 0.1) is 6.42 Å². The number of guanidine groups is 2. The smallest absolute Gasteiger partial charge is 0.305 e. The number of H-pyrrole nitrogens is 1. The molecule has 8 amide bonds. The number of hydrogen-bond donors (Lipinski definition) is 16. The minimum Gasteiger partial charge on any atom is -0.508 e. The van der Waals surface area contributed by atoms with Crippen molar-refractivity contribution in [3.8, 4) is 5.75 Å². The monoisotopic (exact) mass is 1160 g/mol. The van der Waals surface area contributed by atoms with Crippen LogP contribution in [0.15, 0.2) is 64.7 Å². The summed E-state index contributed by atoms with van der Waals surface area (Å²) in [6.07, 6.45) is 3.93. The van der Waals surface area contributed by atoms with Gasteiger partial charge in [0, 0.05) is 42.5 Å². The number of phenolic OH excluding ortho intramolecular Hbond substituents is 1. The quantitative estimate of drug-likeness (QED) is 0.0180. The van der Waals surface area contributed by atoms with E-state index in [1.165, 1.54) is 23.9 Å². The third-order valence-corrected chi connectivity index (χ3v) is 13.7. The zero-order chi connectivity index (χ0) is 60.9. The Bertz CT molecular complexity index is 2660. The Morgan fingerprint density at radius 2 is 1.05 bits per heavy atom. The number of rotatable bonds is 38. The lowest BCUT2D eigenvalue weighted by atomic mass is 9.99. The molecule has 0 aliphatic heterocycles. The van der Waals surface area contributed by atoms with E-state index >= 15 is 0 Å². The molecule has 0 spiro atoms. The molecule has 452 valence electrons. The molecule has 28 heteroatoms. The van der Waals surface area contributed by atoms with E-state index < -0.39 is 108 Å². The number of carboxylic acid groups (broad SMARTS) is 1. The maximum atomic E-state index is 14.6. The molecule has 8 atom stereocenters. The van der Waals surface area contributed by atoms with Gasteiger partial charge < -0.3 is 86.8 Å². The van der Waals surface area contributed by atoms with Gasteiger partial charge in [-0.3, -0.25) is 53.1 Å². The number of nitrogens with one attached hydrogen (secondary N) is 8. The van der Waals surface area contributed by atoms with E-state index in [0.717, 1.165) is 10.9 Å². The van der Waals surface area contributed by atoms with Crippen molar-refractivity contribution in [1.82, 2.24) is 42.2 Å². The number of amides is 8. The van der Waals surface area contributed by atoms with Gasteiger partial charge in [-0.1, -0.05) is 51.1 Å². The van der Waals surface area contributed by atoms with Crippen molar-refractivity contribution in [2.24, 2.45) is 56.2 Å². The standard InChI is InChI=1S/C54H84N16O11S/c1-30(2)25-41(69-49(78)40(15-10-23-62-54(59)60)67-52(81)43(28-44(72)73)68-46(75)31(3)26-32-16-18-34(71)19-17-32)50(79)66-39(14-9-22-61-53(57)58)47(76)65-38(13-7-8-21-55)48(77)70-42(51(80)64-37(45(56)74)20-24-82-4)27-33-29-63-36-12-6-5-11-35(33)36/h5-6,11-12,16-19,29-31,37-43,63,71H,7-10,13-15,20-28,55H2,1-4H3,(H2,56,74)(H,64,80)(H,65,76)(H,66,79)(H,67,81)(H,68,75)(H,69,78)(H,70,77)(H,72,73)(H4,57,58,61)(H4,59,60,62)/t31-,37+,38-,39-,40-,41-,42-,43-/m0/s1.